The van der Waals surface area contributed by atoms with Crippen molar-refractivity contribution < 1.29 is 54.9 Å². The van der Waals surface area contributed by atoms with Gasteiger partial charge in [0.15, 0.2) is 0 Å². The number of esters is 1. The summed E-state index contributed by atoms with van der Waals surface area (Å²) >= 11 is 0. The van der Waals surface area contributed by atoms with Crippen LogP contribution in [0.25, 0.3) is 0 Å². The van der Waals surface area contributed by atoms with Gasteiger partial charge in [0, 0.05) is 38.6 Å². The Morgan fingerprint density at radius 1 is 0.898 bits per heavy atom. The van der Waals surface area contributed by atoms with Crippen molar-refractivity contribution in [2.45, 2.75) is 36.8 Å². The molecule has 262 valence electrons. The van der Waals surface area contributed by atoms with Crippen LogP contribution in [0.1, 0.15) is 34.3 Å². The number of hydrogen-bond donors (Lipinski definition) is 0. The van der Waals surface area contributed by atoms with E-state index in [1.165, 1.54) is 12.0 Å². The second-order valence-electron chi connectivity index (χ2n) is 11.5. The third-order valence-corrected chi connectivity index (χ3v) is 8.52. The van der Waals surface area contributed by atoms with Crippen molar-refractivity contribution in [2.24, 2.45) is 0 Å². The summed E-state index contributed by atoms with van der Waals surface area (Å²) in [6.45, 7) is -0.508. The molecule has 0 bridgehead atoms. The number of likely N-dealkylation sites (tertiary alicyclic amines) is 1. The standard InChI is InChI=1S/C33H32F6N4O6/c1-47-27-7-4-3-6-25(27)41-16-17-43(26(19-41)29(45)48-2)30(46)31(49-22-10-8-21(9-11-22)32(34,35)36)13-5-15-42(20-31)28(44)23-18-40-14-12-24(23)33(37,38)39/h3-4,6-12,14,18,26H,5,13,15-17,19-20H2,1-2H3. The lowest BCUT2D eigenvalue weighted by Crippen LogP contribution is -2.67. The van der Waals surface area contributed by atoms with Crippen LogP contribution in [0.2, 0.25) is 0 Å². The molecule has 5 rings (SSSR count). The van der Waals surface area contributed by atoms with Gasteiger partial charge in [-0.2, -0.15) is 26.3 Å². The Bertz CT molecular complexity index is 1690. The minimum absolute atomic E-state index is 0.0393. The van der Waals surface area contributed by atoms with Gasteiger partial charge >= 0.3 is 18.3 Å². The van der Waals surface area contributed by atoms with E-state index in [0.29, 0.717) is 17.5 Å². The van der Waals surface area contributed by atoms with Crippen molar-refractivity contribution in [1.82, 2.24) is 14.8 Å². The van der Waals surface area contributed by atoms with Crippen molar-refractivity contribution in [3.8, 4) is 11.5 Å². The Balaban J connectivity index is 1.52. The molecule has 2 atom stereocenters. The molecule has 2 aliphatic rings. The van der Waals surface area contributed by atoms with Gasteiger partial charge in [-0.3, -0.25) is 14.6 Å². The van der Waals surface area contributed by atoms with Crippen molar-refractivity contribution in [2.75, 3.05) is 51.8 Å². The van der Waals surface area contributed by atoms with Gasteiger partial charge in [0.05, 0.1) is 43.1 Å². The highest BCUT2D eigenvalue weighted by molar-refractivity contribution is 5.97. The van der Waals surface area contributed by atoms with Gasteiger partial charge in [-0.05, 0) is 55.3 Å². The van der Waals surface area contributed by atoms with E-state index >= 15 is 0 Å². The van der Waals surface area contributed by atoms with Crippen LogP contribution in [0, 0.1) is 0 Å². The van der Waals surface area contributed by atoms with Crippen LogP contribution in [0.5, 0.6) is 11.5 Å². The number of piperidine rings is 1. The van der Waals surface area contributed by atoms with Crippen LogP contribution in [0.4, 0.5) is 32.0 Å². The molecule has 3 aromatic rings. The minimum atomic E-state index is -4.89. The van der Waals surface area contributed by atoms with E-state index in [1.54, 1.807) is 24.3 Å². The average molecular weight is 695 g/mol. The van der Waals surface area contributed by atoms with Crippen molar-refractivity contribution in [3.63, 3.8) is 0 Å². The van der Waals surface area contributed by atoms with Crippen molar-refractivity contribution in [3.05, 3.63) is 83.7 Å². The minimum Gasteiger partial charge on any atom is -0.495 e. The summed E-state index contributed by atoms with van der Waals surface area (Å²) in [4.78, 5) is 49.2. The zero-order valence-electron chi connectivity index (χ0n) is 26.4. The van der Waals surface area contributed by atoms with Gasteiger partial charge in [0.25, 0.3) is 11.8 Å². The zero-order chi connectivity index (χ0) is 35.6. The molecule has 2 aliphatic heterocycles. The van der Waals surface area contributed by atoms with Crippen LogP contribution in [-0.4, -0.2) is 91.2 Å². The Morgan fingerprint density at radius 3 is 2.27 bits per heavy atom. The first-order valence-electron chi connectivity index (χ1n) is 15.1. The van der Waals surface area contributed by atoms with Crippen LogP contribution >= 0.6 is 0 Å². The molecular formula is C33H32F6N4O6. The van der Waals surface area contributed by atoms with Gasteiger partial charge in [0.2, 0.25) is 5.60 Å². The number of nitrogens with zero attached hydrogens (tertiary/aromatic N) is 4. The Kier molecular flexibility index (Phi) is 9.97. The quantitative estimate of drug-likeness (QED) is 0.250. The number of para-hydroxylation sites is 2. The molecule has 2 fully saturated rings. The number of carbonyl (C=O) groups excluding carboxylic acids is 3. The fraction of sp³-hybridized carbons (Fsp3) is 0.394. The summed E-state index contributed by atoms with van der Waals surface area (Å²) in [5.74, 6) is -2.27. The maximum absolute atomic E-state index is 14.7. The number of ether oxygens (including phenoxy) is 3. The van der Waals surface area contributed by atoms with E-state index in [4.69, 9.17) is 14.2 Å². The fourth-order valence-electron chi connectivity index (χ4n) is 6.15. The normalized spacial score (nSPS) is 20.1. The average Bonchev–Trinajstić information content (AvgIpc) is 3.10. The molecule has 2 unspecified atom stereocenters. The number of benzene rings is 2. The van der Waals surface area contributed by atoms with Crippen LogP contribution in [0.3, 0.4) is 0 Å². The summed E-state index contributed by atoms with van der Waals surface area (Å²) in [6.07, 6.45) is -7.86. The van der Waals surface area contributed by atoms with Crippen LogP contribution in [-0.2, 0) is 26.7 Å². The molecule has 2 amide bonds. The molecule has 1 aromatic heterocycles. The SMILES string of the molecule is COC(=O)C1CN(c2ccccc2OC)CCN1C(=O)C1(Oc2ccc(C(F)(F)F)cc2)CCCN(C(=O)c2cnccc2C(F)(F)F)C1. The Morgan fingerprint density at radius 2 is 1.61 bits per heavy atom. The number of amides is 2. The lowest BCUT2D eigenvalue weighted by atomic mass is 9.89. The molecule has 2 saturated heterocycles. The number of aromatic nitrogens is 1. The highest BCUT2D eigenvalue weighted by atomic mass is 19.4. The van der Waals surface area contributed by atoms with E-state index in [0.717, 1.165) is 48.7 Å². The van der Waals surface area contributed by atoms with Gasteiger partial charge in [0.1, 0.15) is 17.5 Å². The number of piperazine rings is 1. The lowest BCUT2D eigenvalue weighted by molar-refractivity contribution is -0.164. The summed E-state index contributed by atoms with van der Waals surface area (Å²) in [6, 6.07) is 10.0. The van der Waals surface area contributed by atoms with E-state index < -0.39 is 65.0 Å². The highest BCUT2D eigenvalue weighted by Crippen LogP contribution is 2.37. The molecule has 16 heteroatoms. The highest BCUT2D eigenvalue weighted by Gasteiger charge is 2.52. The topological polar surface area (TPSA) is 102 Å². The fourth-order valence-corrected chi connectivity index (χ4v) is 6.15. The predicted molar refractivity (Wildman–Crippen MR) is 162 cm³/mol. The second kappa shape index (κ2) is 13.8. The van der Waals surface area contributed by atoms with Crippen LogP contribution in [0.15, 0.2) is 67.0 Å². The number of rotatable bonds is 7. The number of carbonyl (C=O) groups is 3. The molecule has 0 saturated carbocycles. The predicted octanol–water partition coefficient (Wildman–Crippen LogP) is 5.07. The van der Waals surface area contributed by atoms with E-state index in [9.17, 15) is 40.7 Å². The van der Waals surface area contributed by atoms with E-state index in [1.807, 2.05) is 4.90 Å². The largest absolute Gasteiger partial charge is 0.495 e. The lowest BCUT2D eigenvalue weighted by Gasteiger charge is -2.47. The zero-order valence-corrected chi connectivity index (χ0v) is 26.4. The summed E-state index contributed by atoms with van der Waals surface area (Å²) < 4.78 is 98.1. The van der Waals surface area contributed by atoms with Gasteiger partial charge in [-0.1, -0.05) is 12.1 Å². The molecule has 0 spiro atoms. The number of halogens is 6. The first-order chi connectivity index (χ1) is 23.2. The van der Waals surface area contributed by atoms with Crippen molar-refractivity contribution in [1.29, 1.82) is 0 Å². The summed E-state index contributed by atoms with van der Waals surface area (Å²) in [7, 11) is 2.63. The van der Waals surface area contributed by atoms with E-state index in [2.05, 4.69) is 4.98 Å². The van der Waals surface area contributed by atoms with Gasteiger partial charge in [-0.25, -0.2) is 4.79 Å². The maximum Gasteiger partial charge on any atom is 0.417 e. The molecular weight excluding hydrogens is 662 g/mol. The third kappa shape index (κ3) is 7.37. The molecule has 49 heavy (non-hydrogen) atoms. The molecule has 0 aliphatic carbocycles. The maximum atomic E-state index is 14.7. The number of anilines is 1. The summed E-state index contributed by atoms with van der Waals surface area (Å²) in [5.41, 5.74) is -4.31. The Hall–Kier alpha value is -5.02. The van der Waals surface area contributed by atoms with Gasteiger partial charge < -0.3 is 28.9 Å². The number of alkyl halides is 6. The number of pyridine rings is 1. The summed E-state index contributed by atoms with van der Waals surface area (Å²) in [5, 5.41) is 0. The monoisotopic (exact) mass is 694 g/mol. The first-order valence-corrected chi connectivity index (χ1v) is 15.1. The molecule has 0 N–H and O–H groups in total. The number of methoxy groups -OCH3 is 2. The van der Waals surface area contributed by atoms with Gasteiger partial charge in [-0.15, -0.1) is 0 Å². The number of hydrogen-bond acceptors (Lipinski definition) is 8. The van der Waals surface area contributed by atoms with Crippen molar-refractivity contribution >= 4 is 23.5 Å². The molecule has 10 nitrogen and oxygen atoms in total. The smallest absolute Gasteiger partial charge is 0.417 e. The van der Waals surface area contributed by atoms with Crippen LogP contribution < -0.4 is 14.4 Å². The molecule has 2 aromatic carbocycles. The molecule has 3 heterocycles. The first kappa shape index (κ1) is 35.3. The van der Waals surface area contributed by atoms with E-state index in [-0.39, 0.29) is 44.8 Å². The third-order valence-electron chi connectivity index (χ3n) is 8.52. The Labute approximate surface area is 277 Å². The second-order valence-corrected chi connectivity index (χ2v) is 11.5. The molecule has 0 radical (unpaired) electrons.